The van der Waals surface area contributed by atoms with Crippen LogP contribution in [0.15, 0.2) is 72.8 Å². The summed E-state index contributed by atoms with van der Waals surface area (Å²) in [4.78, 5) is 76.9. The Labute approximate surface area is 378 Å². The molecule has 1 unspecified atom stereocenters. The summed E-state index contributed by atoms with van der Waals surface area (Å²) < 4.78 is 7.96. The number of piperidine rings is 2. The molecular formula is C48H57N11O6. The molecule has 4 fully saturated rings. The number of fused-ring (bicyclic) bond motifs is 2. The third kappa shape index (κ3) is 8.74. The molecule has 6 amide bonds. The number of piperazine rings is 2. The molecule has 10 rings (SSSR count). The molecule has 2 atom stereocenters. The minimum absolute atomic E-state index is 0.0912. The largest absolute Gasteiger partial charge is 0.457 e. The van der Waals surface area contributed by atoms with Crippen LogP contribution in [-0.2, 0) is 16.1 Å². The highest BCUT2D eigenvalue weighted by molar-refractivity contribution is 6.06. The molecule has 17 heteroatoms. The number of hydrogen-bond acceptors (Lipinski definition) is 11. The van der Waals surface area contributed by atoms with Gasteiger partial charge in [0.05, 0.1) is 6.04 Å². The molecule has 1 aromatic heterocycles. The van der Waals surface area contributed by atoms with Gasteiger partial charge in [-0.25, -0.2) is 9.48 Å². The normalized spacial score (nSPS) is 22.1. The van der Waals surface area contributed by atoms with E-state index in [0.717, 1.165) is 114 Å². The molecule has 3 aromatic carbocycles. The Morgan fingerprint density at radius 2 is 1.43 bits per heavy atom. The van der Waals surface area contributed by atoms with Crippen molar-refractivity contribution in [2.24, 2.45) is 11.7 Å². The predicted octanol–water partition coefficient (Wildman–Crippen LogP) is 3.83. The average Bonchev–Trinajstić information content (AvgIpc) is 3.89. The summed E-state index contributed by atoms with van der Waals surface area (Å²) in [6.07, 6.45) is 3.21. The molecule has 0 aliphatic carbocycles. The minimum atomic E-state index is -0.611. The van der Waals surface area contributed by atoms with E-state index in [1.54, 1.807) is 4.90 Å². The first-order valence-corrected chi connectivity index (χ1v) is 23.2. The summed E-state index contributed by atoms with van der Waals surface area (Å²) in [7, 11) is 0. The number of amides is 6. The lowest BCUT2D eigenvalue weighted by atomic mass is 9.87. The van der Waals surface area contributed by atoms with Gasteiger partial charge in [-0.2, -0.15) is 5.10 Å². The number of nitrogens with one attached hydrogen (secondary N) is 2. The Kier molecular flexibility index (Phi) is 11.9. The molecule has 0 radical (unpaired) electrons. The maximum atomic E-state index is 13.8. The quantitative estimate of drug-likeness (QED) is 0.197. The highest BCUT2D eigenvalue weighted by Crippen LogP contribution is 2.40. The first kappa shape index (κ1) is 42.5. The zero-order valence-electron chi connectivity index (χ0n) is 36.7. The number of ether oxygens (including phenoxy) is 1. The Balaban J connectivity index is 0.669. The van der Waals surface area contributed by atoms with Gasteiger partial charge in [0.1, 0.15) is 34.6 Å². The fourth-order valence-electron chi connectivity index (χ4n) is 10.6. The van der Waals surface area contributed by atoms with Gasteiger partial charge in [-0.05, 0) is 91.8 Å². The summed E-state index contributed by atoms with van der Waals surface area (Å²) >= 11 is 0. The summed E-state index contributed by atoms with van der Waals surface area (Å²) in [5, 5.41) is 10.8. The fraction of sp³-hybridized carbons (Fsp3) is 0.458. The van der Waals surface area contributed by atoms with Gasteiger partial charge in [0.15, 0.2) is 0 Å². The molecule has 0 bridgehead atoms. The third-order valence-corrected chi connectivity index (χ3v) is 14.3. The second-order valence-corrected chi connectivity index (χ2v) is 18.1. The van der Waals surface area contributed by atoms with Gasteiger partial charge in [-0.1, -0.05) is 18.2 Å². The van der Waals surface area contributed by atoms with Crippen molar-refractivity contribution in [2.45, 2.75) is 50.7 Å². The third-order valence-electron chi connectivity index (χ3n) is 14.3. The van der Waals surface area contributed by atoms with Crippen molar-refractivity contribution in [1.29, 1.82) is 0 Å². The molecule has 6 aliphatic rings. The number of urea groups is 1. The Morgan fingerprint density at radius 3 is 2.12 bits per heavy atom. The van der Waals surface area contributed by atoms with Crippen molar-refractivity contribution in [1.82, 2.24) is 39.6 Å². The van der Waals surface area contributed by atoms with E-state index in [-0.39, 0.29) is 30.3 Å². The van der Waals surface area contributed by atoms with Crippen molar-refractivity contribution < 1.29 is 28.7 Å². The standard InChI is InChI=1S/C48H57N11O6/c49-44(61)42-43(33-6-9-37(10-7-33)65-36-4-2-1-3-5-36)52-59-39(14-17-50-45(42)59)32-15-18-56(19-16-32)48(64)57-28-24-54(25-29-57)21-20-53-22-26-55(27-23-53)35-8-11-38-34(30-35)31-58(47(38)63)40-12-13-41(60)51-46(40)62/h1-11,30,32,39-40,50H,12-29,31H2,(H2,49,61)(H,51,60,62)/t39-,40?/m0/s1. The van der Waals surface area contributed by atoms with Crippen molar-refractivity contribution in [3.05, 3.63) is 89.5 Å². The molecule has 7 heterocycles. The number of anilines is 2. The van der Waals surface area contributed by atoms with Gasteiger partial charge in [-0.15, -0.1) is 0 Å². The number of rotatable bonds is 10. The van der Waals surface area contributed by atoms with Gasteiger partial charge in [0.2, 0.25) is 11.8 Å². The second-order valence-electron chi connectivity index (χ2n) is 18.1. The van der Waals surface area contributed by atoms with Crippen LogP contribution in [0.3, 0.4) is 0 Å². The smallest absolute Gasteiger partial charge is 0.320 e. The van der Waals surface area contributed by atoms with Crippen LogP contribution in [0.25, 0.3) is 11.3 Å². The van der Waals surface area contributed by atoms with Crippen LogP contribution in [0.1, 0.15) is 64.4 Å². The number of carbonyl (C=O) groups excluding carboxylic acids is 5. The van der Waals surface area contributed by atoms with Crippen LogP contribution < -0.4 is 26.0 Å². The molecule has 0 saturated carbocycles. The Morgan fingerprint density at radius 1 is 0.754 bits per heavy atom. The van der Waals surface area contributed by atoms with Gasteiger partial charge in [0.25, 0.3) is 11.8 Å². The molecule has 6 aliphatic heterocycles. The van der Waals surface area contributed by atoms with E-state index in [4.69, 9.17) is 15.6 Å². The zero-order chi connectivity index (χ0) is 44.6. The van der Waals surface area contributed by atoms with Crippen LogP contribution in [0.2, 0.25) is 0 Å². The second kappa shape index (κ2) is 18.2. The van der Waals surface area contributed by atoms with E-state index in [1.807, 2.05) is 81.2 Å². The number of imide groups is 1. The SMILES string of the molecule is NC(=O)c1c(-c2ccc(Oc3ccccc3)cc2)nn2c1NCC[C@H]2C1CCN(C(=O)N2CCN(CCN3CCN(c4ccc5c(c4)CN(C4CCC(=O)NC4=O)C5=O)CC3)CC2)CC1. The monoisotopic (exact) mass is 883 g/mol. The summed E-state index contributed by atoms with van der Waals surface area (Å²) in [5.74, 6) is 1.07. The highest BCUT2D eigenvalue weighted by atomic mass is 16.5. The number of para-hydroxylation sites is 1. The Hall–Kier alpha value is -6.46. The number of hydrogen-bond donors (Lipinski definition) is 3. The van der Waals surface area contributed by atoms with Crippen LogP contribution >= 0.6 is 0 Å². The molecule has 4 N–H and O–H groups in total. The van der Waals surface area contributed by atoms with E-state index in [2.05, 4.69) is 31.4 Å². The van der Waals surface area contributed by atoms with Crippen molar-refractivity contribution in [3.8, 4) is 22.8 Å². The van der Waals surface area contributed by atoms with E-state index >= 15 is 0 Å². The molecule has 340 valence electrons. The minimum Gasteiger partial charge on any atom is -0.457 e. The molecule has 17 nitrogen and oxygen atoms in total. The van der Waals surface area contributed by atoms with Crippen molar-refractivity contribution in [2.75, 3.05) is 95.3 Å². The number of benzene rings is 3. The van der Waals surface area contributed by atoms with Crippen LogP contribution in [0.5, 0.6) is 11.5 Å². The Bertz CT molecular complexity index is 2440. The molecule has 4 aromatic rings. The lowest BCUT2D eigenvalue weighted by Gasteiger charge is -2.42. The van der Waals surface area contributed by atoms with Crippen LogP contribution in [-0.4, -0.2) is 155 Å². The van der Waals surface area contributed by atoms with Crippen molar-refractivity contribution >= 4 is 41.2 Å². The number of likely N-dealkylation sites (tertiary alicyclic amines) is 1. The maximum absolute atomic E-state index is 13.8. The fourth-order valence-corrected chi connectivity index (χ4v) is 10.6. The van der Waals surface area contributed by atoms with E-state index < -0.39 is 17.9 Å². The predicted molar refractivity (Wildman–Crippen MR) is 244 cm³/mol. The lowest BCUT2D eigenvalue weighted by molar-refractivity contribution is -0.136. The van der Waals surface area contributed by atoms with E-state index in [0.29, 0.717) is 60.4 Å². The maximum Gasteiger partial charge on any atom is 0.320 e. The number of primary amides is 1. The number of aromatic nitrogens is 2. The van der Waals surface area contributed by atoms with E-state index in [1.165, 1.54) is 0 Å². The average molecular weight is 884 g/mol. The summed E-state index contributed by atoms with van der Waals surface area (Å²) in [5.41, 5.74) is 10.4. The number of nitrogens with zero attached hydrogens (tertiary/aromatic N) is 8. The van der Waals surface area contributed by atoms with Crippen LogP contribution in [0, 0.1) is 5.92 Å². The number of carbonyl (C=O) groups is 5. The highest BCUT2D eigenvalue weighted by Gasteiger charge is 2.40. The number of nitrogens with two attached hydrogens (primary N) is 1. The topological polar surface area (TPSA) is 182 Å². The van der Waals surface area contributed by atoms with Crippen LogP contribution in [0.4, 0.5) is 16.3 Å². The summed E-state index contributed by atoms with van der Waals surface area (Å²) in [6.45, 7) is 11.2. The zero-order valence-corrected chi connectivity index (χ0v) is 36.7. The molecular weight excluding hydrogens is 827 g/mol. The van der Waals surface area contributed by atoms with Gasteiger partial charge < -0.3 is 35.4 Å². The molecule has 4 saturated heterocycles. The van der Waals surface area contributed by atoms with Gasteiger partial charge in [-0.3, -0.25) is 34.3 Å². The lowest BCUT2D eigenvalue weighted by Crippen LogP contribution is -2.55. The van der Waals surface area contributed by atoms with Crippen molar-refractivity contribution in [3.63, 3.8) is 0 Å². The van der Waals surface area contributed by atoms with Gasteiger partial charge >= 0.3 is 6.03 Å². The van der Waals surface area contributed by atoms with Gasteiger partial charge in [0, 0.05) is 115 Å². The van der Waals surface area contributed by atoms with E-state index in [9.17, 15) is 24.0 Å². The first-order valence-electron chi connectivity index (χ1n) is 23.2. The molecule has 65 heavy (non-hydrogen) atoms. The molecule has 0 spiro atoms. The first-order chi connectivity index (χ1) is 31.7. The summed E-state index contributed by atoms with van der Waals surface area (Å²) in [6, 6.07) is 22.7.